The molecule has 1 saturated heterocycles. The van der Waals surface area contributed by atoms with Crippen LogP contribution in [0.4, 0.5) is 0 Å². The summed E-state index contributed by atoms with van der Waals surface area (Å²) in [7, 11) is 0. The van der Waals surface area contributed by atoms with Crippen molar-refractivity contribution in [1.82, 2.24) is 20.3 Å². The van der Waals surface area contributed by atoms with Gasteiger partial charge in [-0.05, 0) is 49.9 Å². The van der Waals surface area contributed by atoms with Gasteiger partial charge in [0, 0.05) is 29.9 Å². The van der Waals surface area contributed by atoms with Gasteiger partial charge < -0.3 is 5.32 Å². The van der Waals surface area contributed by atoms with Crippen molar-refractivity contribution < 1.29 is 0 Å². The number of nitrogens with zero attached hydrogens (tertiary/aromatic N) is 3. The number of pyridine rings is 2. The highest BCUT2D eigenvalue weighted by atomic mass is 35.5. The fourth-order valence-electron chi connectivity index (χ4n) is 3.55. The van der Waals surface area contributed by atoms with Crippen molar-refractivity contribution in [2.24, 2.45) is 0 Å². The summed E-state index contributed by atoms with van der Waals surface area (Å²) in [6, 6.07) is 8.46. The van der Waals surface area contributed by atoms with E-state index in [0.717, 1.165) is 52.8 Å². The molecule has 0 spiro atoms. The predicted octanol–water partition coefficient (Wildman–Crippen LogP) is 5.04. The number of nitrogens with one attached hydrogen (secondary N) is 1. The van der Waals surface area contributed by atoms with Crippen molar-refractivity contribution in [3.05, 3.63) is 74.7 Å². The molecule has 0 amide bonds. The number of rotatable bonds is 4. The number of piperidine rings is 1. The van der Waals surface area contributed by atoms with Gasteiger partial charge in [0.15, 0.2) is 0 Å². The topological polar surface area (TPSA) is 50.7 Å². The first-order valence-corrected chi connectivity index (χ1v) is 10.2. The monoisotopic (exact) mass is 384 g/mol. The molecule has 134 valence electrons. The van der Waals surface area contributed by atoms with Gasteiger partial charge in [-0.2, -0.15) is 0 Å². The second-order valence-corrected chi connectivity index (χ2v) is 8.07. The first kappa shape index (κ1) is 17.6. The van der Waals surface area contributed by atoms with E-state index in [1.54, 1.807) is 11.3 Å². The molecule has 4 rings (SSSR count). The molecule has 0 aliphatic carbocycles. The molecule has 1 aliphatic heterocycles. The Bertz CT molecular complexity index is 881. The minimum atomic E-state index is 0.172. The third-order valence-electron chi connectivity index (χ3n) is 4.84. The molecule has 1 fully saturated rings. The van der Waals surface area contributed by atoms with Gasteiger partial charge in [-0.15, -0.1) is 11.3 Å². The molecular formula is C20H21ClN4S. The van der Waals surface area contributed by atoms with Crippen molar-refractivity contribution >= 4 is 22.9 Å². The number of thiazole rings is 1. The lowest BCUT2D eigenvalue weighted by Gasteiger charge is -2.31. The maximum Gasteiger partial charge on any atom is 0.0984 e. The van der Waals surface area contributed by atoms with Crippen LogP contribution >= 0.6 is 22.9 Å². The maximum atomic E-state index is 6.36. The Morgan fingerprint density at radius 3 is 2.73 bits per heavy atom. The van der Waals surface area contributed by atoms with Crippen LogP contribution in [0, 0.1) is 6.92 Å². The average Bonchev–Trinajstić information content (AvgIpc) is 3.17. The molecule has 2 atom stereocenters. The van der Waals surface area contributed by atoms with Crippen LogP contribution in [0.25, 0.3) is 0 Å². The van der Waals surface area contributed by atoms with E-state index in [4.69, 9.17) is 16.6 Å². The lowest BCUT2D eigenvalue weighted by Crippen LogP contribution is -2.32. The zero-order valence-corrected chi connectivity index (χ0v) is 16.2. The summed E-state index contributed by atoms with van der Waals surface area (Å²) in [6.45, 7) is 2.13. The molecule has 4 heterocycles. The molecule has 0 bridgehead atoms. The van der Waals surface area contributed by atoms with Crippen LogP contribution in [0.3, 0.4) is 0 Å². The molecule has 6 heteroatoms. The minimum absolute atomic E-state index is 0.172. The van der Waals surface area contributed by atoms with Crippen molar-refractivity contribution in [3.63, 3.8) is 0 Å². The SMILES string of the molecule is Cc1ccc(Cc2nccs2)nc1[C@H]1CCC[C@@H](c2ncccc2Cl)N1. The lowest BCUT2D eigenvalue weighted by atomic mass is 9.92. The summed E-state index contributed by atoms with van der Waals surface area (Å²) < 4.78 is 0. The van der Waals surface area contributed by atoms with E-state index in [0.29, 0.717) is 0 Å². The first-order valence-electron chi connectivity index (χ1n) is 8.92. The molecule has 26 heavy (non-hydrogen) atoms. The molecule has 3 aromatic rings. The Balaban J connectivity index is 1.57. The quantitative estimate of drug-likeness (QED) is 0.684. The van der Waals surface area contributed by atoms with Crippen LogP contribution in [0.15, 0.2) is 42.0 Å². The summed E-state index contributed by atoms with van der Waals surface area (Å²) in [5.41, 5.74) is 4.37. The summed E-state index contributed by atoms with van der Waals surface area (Å²) in [5.74, 6) is 0. The van der Waals surface area contributed by atoms with Crippen molar-refractivity contribution in [2.75, 3.05) is 0 Å². The van der Waals surface area contributed by atoms with E-state index in [-0.39, 0.29) is 12.1 Å². The van der Waals surface area contributed by atoms with E-state index in [1.165, 1.54) is 5.56 Å². The molecule has 0 aromatic carbocycles. The fourth-order valence-corrected chi connectivity index (χ4v) is 4.44. The Labute approximate surface area is 162 Å². The second kappa shape index (κ2) is 7.82. The molecule has 3 aromatic heterocycles. The highest BCUT2D eigenvalue weighted by Gasteiger charge is 2.27. The summed E-state index contributed by atoms with van der Waals surface area (Å²) in [4.78, 5) is 13.8. The molecule has 0 saturated carbocycles. The highest BCUT2D eigenvalue weighted by Crippen LogP contribution is 2.34. The van der Waals surface area contributed by atoms with Gasteiger partial charge in [-0.25, -0.2) is 4.98 Å². The lowest BCUT2D eigenvalue weighted by molar-refractivity contribution is 0.320. The van der Waals surface area contributed by atoms with Crippen LogP contribution in [-0.4, -0.2) is 15.0 Å². The van der Waals surface area contributed by atoms with E-state index < -0.39 is 0 Å². The highest BCUT2D eigenvalue weighted by molar-refractivity contribution is 7.09. The Morgan fingerprint density at radius 1 is 1.12 bits per heavy atom. The number of hydrogen-bond donors (Lipinski definition) is 1. The Morgan fingerprint density at radius 2 is 1.96 bits per heavy atom. The van der Waals surface area contributed by atoms with Crippen molar-refractivity contribution in [2.45, 2.75) is 44.7 Å². The number of aromatic nitrogens is 3. The maximum absolute atomic E-state index is 6.36. The number of hydrogen-bond acceptors (Lipinski definition) is 5. The molecule has 0 unspecified atom stereocenters. The van der Waals surface area contributed by atoms with Crippen LogP contribution in [0.5, 0.6) is 0 Å². The molecule has 1 N–H and O–H groups in total. The predicted molar refractivity (Wildman–Crippen MR) is 106 cm³/mol. The van der Waals surface area contributed by atoms with Gasteiger partial charge in [-0.3, -0.25) is 9.97 Å². The van der Waals surface area contributed by atoms with Crippen LogP contribution in [0.2, 0.25) is 5.02 Å². The van der Waals surface area contributed by atoms with Gasteiger partial charge in [-0.1, -0.05) is 17.7 Å². The zero-order valence-electron chi connectivity index (χ0n) is 14.7. The fraction of sp³-hybridized carbons (Fsp3) is 0.350. The summed E-state index contributed by atoms with van der Waals surface area (Å²) in [6.07, 6.45) is 7.70. The van der Waals surface area contributed by atoms with Crippen LogP contribution < -0.4 is 5.32 Å². The standard InChI is InChI=1S/C20H21ClN4S/c1-13-7-8-14(12-18-22-10-11-26-18)24-19(13)16-5-2-6-17(25-16)20-15(21)4-3-9-23-20/h3-4,7-11,16-17,25H,2,5-6,12H2,1H3/t16-,17+/m1/s1. The van der Waals surface area contributed by atoms with Gasteiger partial charge >= 0.3 is 0 Å². The molecule has 4 nitrogen and oxygen atoms in total. The summed E-state index contributed by atoms with van der Waals surface area (Å²) in [5, 5.41) is 7.57. The Kier molecular flexibility index (Phi) is 5.29. The zero-order chi connectivity index (χ0) is 17.9. The van der Waals surface area contributed by atoms with Crippen molar-refractivity contribution in [1.29, 1.82) is 0 Å². The van der Waals surface area contributed by atoms with Gasteiger partial charge in [0.05, 0.1) is 33.5 Å². The normalized spacial score (nSPS) is 20.2. The third kappa shape index (κ3) is 3.80. The smallest absolute Gasteiger partial charge is 0.0984 e. The average molecular weight is 385 g/mol. The Hall–Kier alpha value is -1.82. The molecule has 1 aliphatic rings. The largest absolute Gasteiger partial charge is 0.300 e. The third-order valence-corrected chi connectivity index (χ3v) is 5.94. The summed E-state index contributed by atoms with van der Waals surface area (Å²) >= 11 is 8.04. The second-order valence-electron chi connectivity index (χ2n) is 6.68. The minimum Gasteiger partial charge on any atom is -0.300 e. The van der Waals surface area contributed by atoms with E-state index in [9.17, 15) is 0 Å². The molecular weight excluding hydrogens is 364 g/mol. The van der Waals surface area contributed by atoms with E-state index in [1.807, 2.05) is 29.9 Å². The first-order chi connectivity index (χ1) is 12.7. The van der Waals surface area contributed by atoms with Crippen LogP contribution in [-0.2, 0) is 6.42 Å². The van der Waals surface area contributed by atoms with Crippen molar-refractivity contribution in [3.8, 4) is 0 Å². The van der Waals surface area contributed by atoms with E-state index in [2.05, 4.69) is 34.3 Å². The molecule has 0 radical (unpaired) electrons. The van der Waals surface area contributed by atoms with Crippen LogP contribution in [0.1, 0.15) is 59.0 Å². The number of aryl methyl sites for hydroxylation is 1. The number of halogens is 1. The van der Waals surface area contributed by atoms with E-state index >= 15 is 0 Å². The van der Waals surface area contributed by atoms with Gasteiger partial charge in [0.2, 0.25) is 0 Å². The van der Waals surface area contributed by atoms with Gasteiger partial charge in [0.25, 0.3) is 0 Å². The van der Waals surface area contributed by atoms with Gasteiger partial charge in [0.1, 0.15) is 0 Å².